The number of hydrogen-bond donors (Lipinski definition) is 1. The van der Waals surface area contributed by atoms with Gasteiger partial charge in [-0.05, 0) is 49.3 Å². The van der Waals surface area contributed by atoms with E-state index < -0.39 is 18.5 Å². The fraction of sp³-hybridized carbons (Fsp3) is 0.414. The van der Waals surface area contributed by atoms with Crippen molar-refractivity contribution in [2.75, 3.05) is 19.7 Å². The molecule has 1 N–H and O–H groups in total. The highest BCUT2D eigenvalue weighted by atomic mass is 19.1. The van der Waals surface area contributed by atoms with Gasteiger partial charge in [0, 0.05) is 43.0 Å². The molecule has 1 aliphatic carbocycles. The fourth-order valence-electron chi connectivity index (χ4n) is 6.01. The number of nitriles is 1. The molecule has 0 unspecified atom stereocenters. The summed E-state index contributed by atoms with van der Waals surface area (Å²) in [6.07, 6.45) is 12.0. The van der Waals surface area contributed by atoms with Gasteiger partial charge in [0.2, 0.25) is 5.91 Å². The van der Waals surface area contributed by atoms with Crippen LogP contribution in [0.1, 0.15) is 62.4 Å². The van der Waals surface area contributed by atoms with Crippen LogP contribution in [0, 0.1) is 22.6 Å². The molecular formula is C29H30FN7O3. The highest BCUT2D eigenvalue weighted by Gasteiger charge is 2.47. The summed E-state index contributed by atoms with van der Waals surface area (Å²) < 4.78 is 23.2. The van der Waals surface area contributed by atoms with E-state index in [1.54, 1.807) is 16.8 Å². The number of aliphatic hydroxyl groups is 1. The van der Waals surface area contributed by atoms with Crippen molar-refractivity contribution in [2.24, 2.45) is 5.41 Å². The van der Waals surface area contributed by atoms with Crippen molar-refractivity contribution in [1.29, 1.82) is 5.26 Å². The van der Waals surface area contributed by atoms with Gasteiger partial charge in [0.15, 0.2) is 6.10 Å². The number of carbonyl (C=O) groups excluding carboxylic acids is 1. The highest BCUT2D eigenvalue weighted by Crippen LogP contribution is 2.54. The van der Waals surface area contributed by atoms with Crippen molar-refractivity contribution in [1.82, 2.24) is 29.3 Å². The molecule has 5 heterocycles. The summed E-state index contributed by atoms with van der Waals surface area (Å²) in [5.41, 5.74) is 3.09. The Morgan fingerprint density at radius 2 is 2.00 bits per heavy atom. The number of hydrogen-bond acceptors (Lipinski definition) is 7. The largest absolute Gasteiger partial charge is 0.479 e. The summed E-state index contributed by atoms with van der Waals surface area (Å²) >= 11 is 0. The third-order valence-electron chi connectivity index (χ3n) is 8.34. The Labute approximate surface area is 230 Å². The monoisotopic (exact) mass is 543 g/mol. The molecule has 206 valence electrons. The van der Waals surface area contributed by atoms with Crippen LogP contribution in [-0.4, -0.2) is 60.0 Å². The summed E-state index contributed by atoms with van der Waals surface area (Å²) in [6.45, 7) is 3.19. The van der Waals surface area contributed by atoms with E-state index in [1.165, 1.54) is 18.3 Å². The van der Waals surface area contributed by atoms with Gasteiger partial charge in [-0.15, -0.1) is 0 Å². The first-order valence-corrected chi connectivity index (χ1v) is 13.5. The Morgan fingerprint density at radius 3 is 2.67 bits per heavy atom. The van der Waals surface area contributed by atoms with Gasteiger partial charge in [-0.1, -0.05) is 6.92 Å². The molecule has 2 aliphatic rings. The Kier molecular flexibility index (Phi) is 6.72. The standard InChI is InChI=1S/C29H30FN7O3/c1-2-27(39)35-7-5-29(6-8-35)10-23(11-29)36-17-21(14-33-36)19-9-25(28-20(12-31)13-34-37(28)16-19)40-26(18-38)24-4-3-22(30)15-32-24/h3-4,9,13-17,23,26,38H,2,5-8,10-11,18H2,1H3/t26-/m1/s1. The number of piperidine rings is 1. The Hall–Kier alpha value is -4.30. The van der Waals surface area contributed by atoms with Crippen molar-refractivity contribution in [3.63, 3.8) is 0 Å². The molecule has 10 nitrogen and oxygen atoms in total. The molecule has 40 heavy (non-hydrogen) atoms. The third-order valence-corrected chi connectivity index (χ3v) is 8.34. The topological polar surface area (TPSA) is 122 Å². The minimum atomic E-state index is -0.867. The third kappa shape index (κ3) is 4.69. The average Bonchev–Trinajstić information content (AvgIpc) is 3.62. The predicted molar refractivity (Wildman–Crippen MR) is 143 cm³/mol. The minimum Gasteiger partial charge on any atom is -0.479 e. The molecule has 0 bridgehead atoms. The molecule has 4 aromatic rings. The maximum atomic E-state index is 13.4. The number of carbonyl (C=O) groups is 1. The van der Waals surface area contributed by atoms with E-state index in [-0.39, 0.29) is 11.3 Å². The van der Waals surface area contributed by atoms with E-state index in [9.17, 15) is 19.6 Å². The van der Waals surface area contributed by atoms with Crippen LogP contribution < -0.4 is 4.74 Å². The van der Waals surface area contributed by atoms with Crippen LogP contribution in [0.5, 0.6) is 5.75 Å². The minimum absolute atomic E-state index is 0.237. The van der Waals surface area contributed by atoms with Crippen LogP contribution in [0.15, 0.2) is 49.2 Å². The second kappa shape index (κ2) is 10.4. The molecular weight excluding hydrogens is 513 g/mol. The zero-order chi connectivity index (χ0) is 27.9. The molecule has 2 fully saturated rings. The van der Waals surface area contributed by atoms with E-state index in [0.717, 1.165) is 56.1 Å². The van der Waals surface area contributed by atoms with Crippen LogP contribution >= 0.6 is 0 Å². The van der Waals surface area contributed by atoms with Crippen LogP contribution in [0.25, 0.3) is 16.6 Å². The van der Waals surface area contributed by atoms with Crippen LogP contribution in [0.3, 0.4) is 0 Å². The smallest absolute Gasteiger partial charge is 0.222 e. The molecule has 1 atom stereocenters. The average molecular weight is 544 g/mol. The second-order valence-electron chi connectivity index (χ2n) is 10.8. The number of fused-ring (bicyclic) bond motifs is 1. The number of aromatic nitrogens is 5. The van der Waals surface area contributed by atoms with Crippen molar-refractivity contribution >= 4 is 11.4 Å². The fourth-order valence-corrected chi connectivity index (χ4v) is 6.01. The molecule has 6 rings (SSSR count). The summed E-state index contributed by atoms with van der Waals surface area (Å²) in [5, 5.41) is 28.7. The van der Waals surface area contributed by atoms with Crippen LogP contribution in [0.2, 0.25) is 0 Å². The zero-order valence-electron chi connectivity index (χ0n) is 22.2. The number of likely N-dealkylation sites (tertiary alicyclic amines) is 1. The van der Waals surface area contributed by atoms with E-state index in [4.69, 9.17) is 4.74 Å². The second-order valence-corrected chi connectivity index (χ2v) is 10.8. The number of pyridine rings is 2. The summed E-state index contributed by atoms with van der Waals surface area (Å²) in [6, 6.07) is 6.95. The zero-order valence-corrected chi connectivity index (χ0v) is 22.2. The van der Waals surface area contributed by atoms with E-state index in [1.807, 2.05) is 28.9 Å². The first-order valence-electron chi connectivity index (χ1n) is 13.5. The lowest BCUT2D eigenvalue weighted by Gasteiger charge is -2.52. The summed E-state index contributed by atoms with van der Waals surface area (Å²) in [7, 11) is 0. The normalized spacial score (nSPS) is 17.5. The summed E-state index contributed by atoms with van der Waals surface area (Å²) in [5.74, 6) is 0.0976. The molecule has 1 aliphatic heterocycles. The van der Waals surface area contributed by atoms with Crippen LogP contribution in [-0.2, 0) is 4.79 Å². The van der Waals surface area contributed by atoms with Gasteiger partial charge < -0.3 is 14.7 Å². The van der Waals surface area contributed by atoms with E-state index in [0.29, 0.717) is 35.0 Å². The number of aliphatic hydroxyl groups excluding tert-OH is 1. The number of rotatable bonds is 7. The quantitative estimate of drug-likeness (QED) is 0.373. The first kappa shape index (κ1) is 26.0. The Bertz CT molecular complexity index is 1570. The van der Waals surface area contributed by atoms with Gasteiger partial charge in [0.05, 0.1) is 36.9 Å². The van der Waals surface area contributed by atoms with E-state index in [2.05, 4.69) is 21.3 Å². The van der Waals surface area contributed by atoms with Crippen molar-refractivity contribution in [3.8, 4) is 22.9 Å². The lowest BCUT2D eigenvalue weighted by atomic mass is 9.60. The maximum Gasteiger partial charge on any atom is 0.222 e. The molecule has 1 spiro atoms. The molecule has 4 aromatic heterocycles. The number of amides is 1. The van der Waals surface area contributed by atoms with Gasteiger partial charge in [0.25, 0.3) is 0 Å². The van der Waals surface area contributed by atoms with Gasteiger partial charge in [-0.3, -0.25) is 14.5 Å². The van der Waals surface area contributed by atoms with Crippen LogP contribution in [0.4, 0.5) is 4.39 Å². The molecule has 1 amide bonds. The Balaban J connectivity index is 1.23. The number of ether oxygens (including phenoxy) is 1. The predicted octanol–water partition coefficient (Wildman–Crippen LogP) is 4.07. The van der Waals surface area contributed by atoms with Crippen molar-refractivity contribution < 1.29 is 19.0 Å². The van der Waals surface area contributed by atoms with E-state index >= 15 is 0 Å². The molecule has 1 saturated carbocycles. The van der Waals surface area contributed by atoms with Crippen molar-refractivity contribution in [3.05, 3.63) is 66.3 Å². The summed E-state index contributed by atoms with van der Waals surface area (Å²) in [4.78, 5) is 18.1. The highest BCUT2D eigenvalue weighted by molar-refractivity contribution is 5.76. The molecule has 1 saturated heterocycles. The number of halogens is 1. The van der Waals surface area contributed by atoms with Gasteiger partial charge in [0.1, 0.15) is 28.7 Å². The molecule has 11 heteroatoms. The van der Waals surface area contributed by atoms with Gasteiger partial charge >= 0.3 is 0 Å². The Morgan fingerprint density at radius 1 is 1.20 bits per heavy atom. The van der Waals surface area contributed by atoms with Gasteiger partial charge in [-0.2, -0.15) is 15.5 Å². The maximum absolute atomic E-state index is 13.4. The lowest BCUT2D eigenvalue weighted by molar-refractivity contribution is -0.135. The lowest BCUT2D eigenvalue weighted by Crippen LogP contribution is -2.49. The SMILES string of the molecule is CCC(=O)N1CCC2(CC1)CC(n1cc(-c3cc(O[C@H](CO)c4ccc(F)cn4)c4c(C#N)cnn4c3)cn1)C2. The number of nitrogens with zero attached hydrogens (tertiary/aromatic N) is 7. The molecule has 0 aromatic carbocycles. The van der Waals surface area contributed by atoms with Crippen molar-refractivity contribution in [2.45, 2.75) is 51.2 Å². The molecule has 0 radical (unpaired) electrons. The first-order chi connectivity index (χ1) is 19.4. The van der Waals surface area contributed by atoms with Gasteiger partial charge in [-0.25, -0.2) is 8.91 Å².